The van der Waals surface area contributed by atoms with Crippen molar-refractivity contribution in [3.05, 3.63) is 0 Å². The molecular weight excluding hydrogens is 270 g/mol. The maximum absolute atomic E-state index is 12.5. The van der Waals surface area contributed by atoms with Crippen LogP contribution in [0.1, 0.15) is 39.0 Å². The van der Waals surface area contributed by atoms with Gasteiger partial charge < -0.3 is 10.2 Å². The predicted octanol–water partition coefficient (Wildman–Crippen LogP) is 0.416. The third kappa shape index (κ3) is 2.93. The van der Waals surface area contributed by atoms with Crippen LogP contribution in [0.4, 0.5) is 0 Å². The second kappa shape index (κ2) is 5.03. The van der Waals surface area contributed by atoms with Crippen molar-refractivity contribution in [2.45, 2.75) is 49.9 Å². The maximum atomic E-state index is 12.5. The number of hydrogen-bond acceptors (Lipinski definition) is 4. The summed E-state index contributed by atoms with van der Waals surface area (Å²) < 4.78 is 26.3. The number of nitrogens with zero attached hydrogens (tertiary/aromatic N) is 1. The lowest BCUT2D eigenvalue weighted by Gasteiger charge is -2.36. The molecule has 2 atom stereocenters. The summed E-state index contributed by atoms with van der Waals surface area (Å²) in [5, 5.41) is 18.2. The van der Waals surface area contributed by atoms with Crippen molar-refractivity contribution in [2.75, 3.05) is 13.1 Å². The molecule has 0 amide bonds. The molecule has 6 nitrogen and oxygen atoms in total. The van der Waals surface area contributed by atoms with Gasteiger partial charge in [0.25, 0.3) is 0 Å². The lowest BCUT2D eigenvalue weighted by atomic mass is 9.95. The number of hydrogen-bond donors (Lipinski definition) is 2. The average molecular weight is 291 g/mol. The highest BCUT2D eigenvalue weighted by molar-refractivity contribution is 7.89. The van der Waals surface area contributed by atoms with Crippen LogP contribution in [-0.4, -0.2) is 52.8 Å². The SMILES string of the molecule is CC1(O)CCN(S(=O)(=O)C2CCCC2C(=O)O)CC1. The third-order valence-electron chi connectivity index (χ3n) is 4.31. The Kier molecular flexibility index (Phi) is 3.90. The summed E-state index contributed by atoms with van der Waals surface area (Å²) in [4.78, 5) is 11.1. The molecule has 2 fully saturated rings. The van der Waals surface area contributed by atoms with Gasteiger partial charge in [0, 0.05) is 13.1 Å². The molecule has 1 saturated carbocycles. The Hall–Kier alpha value is -0.660. The zero-order chi connectivity index (χ0) is 14.3. The first-order valence-corrected chi connectivity index (χ1v) is 8.18. The van der Waals surface area contributed by atoms with E-state index in [1.807, 2.05) is 0 Å². The molecule has 0 aromatic carbocycles. The van der Waals surface area contributed by atoms with Gasteiger partial charge in [0.1, 0.15) is 0 Å². The van der Waals surface area contributed by atoms with E-state index < -0.39 is 32.8 Å². The van der Waals surface area contributed by atoms with Gasteiger partial charge in [-0.2, -0.15) is 0 Å². The van der Waals surface area contributed by atoms with E-state index in [0.717, 1.165) is 0 Å². The van der Waals surface area contributed by atoms with Crippen molar-refractivity contribution in [1.82, 2.24) is 4.31 Å². The molecule has 1 aliphatic heterocycles. The van der Waals surface area contributed by atoms with Gasteiger partial charge in [0.2, 0.25) is 10.0 Å². The summed E-state index contributed by atoms with van der Waals surface area (Å²) in [6.07, 6.45) is 2.30. The van der Waals surface area contributed by atoms with E-state index in [1.165, 1.54) is 4.31 Å². The van der Waals surface area contributed by atoms with E-state index in [-0.39, 0.29) is 13.1 Å². The number of aliphatic carboxylic acids is 1. The normalized spacial score (nSPS) is 32.3. The molecule has 1 heterocycles. The molecule has 110 valence electrons. The Labute approximate surface area is 113 Å². The van der Waals surface area contributed by atoms with Crippen LogP contribution in [0.3, 0.4) is 0 Å². The van der Waals surface area contributed by atoms with Crippen LogP contribution in [0.5, 0.6) is 0 Å². The molecule has 2 rings (SSSR count). The van der Waals surface area contributed by atoms with Crippen molar-refractivity contribution < 1.29 is 23.4 Å². The zero-order valence-corrected chi connectivity index (χ0v) is 11.9. The van der Waals surface area contributed by atoms with Gasteiger partial charge in [-0.1, -0.05) is 6.42 Å². The van der Waals surface area contributed by atoms with Crippen molar-refractivity contribution in [2.24, 2.45) is 5.92 Å². The van der Waals surface area contributed by atoms with Crippen molar-refractivity contribution in [3.8, 4) is 0 Å². The molecule has 7 heteroatoms. The van der Waals surface area contributed by atoms with Crippen LogP contribution in [0.2, 0.25) is 0 Å². The summed E-state index contributed by atoms with van der Waals surface area (Å²) in [6, 6.07) is 0. The standard InChI is InChI=1S/C12H21NO5S/c1-12(16)5-7-13(8-6-12)19(17,18)10-4-2-3-9(10)11(14)15/h9-10,16H,2-8H2,1H3,(H,14,15). The van der Waals surface area contributed by atoms with Crippen LogP contribution in [-0.2, 0) is 14.8 Å². The largest absolute Gasteiger partial charge is 0.481 e. The van der Waals surface area contributed by atoms with Gasteiger partial charge in [0.15, 0.2) is 0 Å². The Morgan fingerprint density at radius 3 is 2.37 bits per heavy atom. The quantitative estimate of drug-likeness (QED) is 0.785. The predicted molar refractivity (Wildman–Crippen MR) is 69.1 cm³/mol. The second-order valence-corrected chi connectivity index (χ2v) is 8.01. The van der Waals surface area contributed by atoms with Crippen molar-refractivity contribution in [3.63, 3.8) is 0 Å². The smallest absolute Gasteiger partial charge is 0.307 e. The zero-order valence-electron chi connectivity index (χ0n) is 11.1. The average Bonchev–Trinajstić information content (AvgIpc) is 2.77. The summed E-state index contributed by atoms with van der Waals surface area (Å²) in [7, 11) is -3.56. The molecular formula is C12H21NO5S. The Balaban J connectivity index is 2.12. The molecule has 0 spiro atoms. The van der Waals surface area contributed by atoms with Gasteiger partial charge in [-0.25, -0.2) is 12.7 Å². The van der Waals surface area contributed by atoms with Gasteiger partial charge in [-0.05, 0) is 32.6 Å². The maximum Gasteiger partial charge on any atom is 0.307 e. The fourth-order valence-electron chi connectivity index (χ4n) is 2.98. The molecule has 1 saturated heterocycles. The molecule has 0 aromatic heterocycles. The third-order valence-corrected chi connectivity index (χ3v) is 6.73. The van der Waals surface area contributed by atoms with Gasteiger partial charge in [0.05, 0.1) is 16.8 Å². The highest BCUT2D eigenvalue weighted by atomic mass is 32.2. The summed E-state index contributed by atoms with van der Waals surface area (Å²) in [5.41, 5.74) is -0.812. The first kappa shape index (κ1) is 14.7. The van der Waals surface area contributed by atoms with Gasteiger partial charge in [-0.15, -0.1) is 0 Å². The molecule has 0 radical (unpaired) electrons. The van der Waals surface area contributed by atoms with Gasteiger partial charge in [-0.3, -0.25) is 4.79 Å². The van der Waals surface area contributed by atoms with E-state index in [9.17, 15) is 18.3 Å². The number of piperidine rings is 1. The number of carboxylic acid groups (broad SMARTS) is 1. The molecule has 2 N–H and O–H groups in total. The number of rotatable bonds is 3. The van der Waals surface area contributed by atoms with Crippen LogP contribution in [0.15, 0.2) is 0 Å². The number of aliphatic hydroxyl groups is 1. The molecule has 19 heavy (non-hydrogen) atoms. The number of carboxylic acids is 1. The minimum Gasteiger partial charge on any atom is -0.481 e. The first-order chi connectivity index (χ1) is 8.74. The Bertz CT molecular complexity index is 449. The topological polar surface area (TPSA) is 94.9 Å². The molecule has 2 aliphatic rings. The first-order valence-electron chi connectivity index (χ1n) is 6.68. The van der Waals surface area contributed by atoms with E-state index in [2.05, 4.69) is 0 Å². The summed E-state index contributed by atoms with van der Waals surface area (Å²) in [5.74, 6) is -1.80. The Morgan fingerprint density at radius 2 is 1.84 bits per heavy atom. The summed E-state index contributed by atoms with van der Waals surface area (Å²) in [6.45, 7) is 2.25. The van der Waals surface area contributed by atoms with Crippen LogP contribution >= 0.6 is 0 Å². The fourth-order valence-corrected chi connectivity index (χ4v) is 5.19. The number of carbonyl (C=O) groups is 1. The fraction of sp³-hybridized carbons (Fsp3) is 0.917. The van der Waals surface area contributed by atoms with Crippen LogP contribution in [0, 0.1) is 5.92 Å². The molecule has 0 aromatic rings. The molecule has 0 bridgehead atoms. The van der Waals surface area contributed by atoms with E-state index in [0.29, 0.717) is 32.1 Å². The minimum atomic E-state index is -3.56. The lowest BCUT2D eigenvalue weighted by Crippen LogP contribution is -2.49. The molecule has 2 unspecified atom stereocenters. The highest BCUT2D eigenvalue weighted by Crippen LogP contribution is 2.35. The van der Waals surface area contributed by atoms with Crippen molar-refractivity contribution >= 4 is 16.0 Å². The van der Waals surface area contributed by atoms with E-state index in [4.69, 9.17) is 5.11 Å². The van der Waals surface area contributed by atoms with Crippen LogP contribution in [0.25, 0.3) is 0 Å². The minimum absolute atomic E-state index is 0.276. The number of sulfonamides is 1. The second-order valence-electron chi connectivity index (χ2n) is 5.86. The lowest BCUT2D eigenvalue weighted by molar-refractivity contribution is -0.141. The van der Waals surface area contributed by atoms with Crippen molar-refractivity contribution in [1.29, 1.82) is 0 Å². The van der Waals surface area contributed by atoms with E-state index in [1.54, 1.807) is 6.92 Å². The van der Waals surface area contributed by atoms with E-state index >= 15 is 0 Å². The highest BCUT2D eigenvalue weighted by Gasteiger charge is 2.45. The molecule has 1 aliphatic carbocycles. The Morgan fingerprint density at radius 1 is 1.26 bits per heavy atom. The van der Waals surface area contributed by atoms with Crippen LogP contribution < -0.4 is 0 Å². The summed E-state index contributed by atoms with van der Waals surface area (Å²) >= 11 is 0. The van der Waals surface area contributed by atoms with Gasteiger partial charge >= 0.3 is 5.97 Å². The monoisotopic (exact) mass is 291 g/mol.